The Kier molecular flexibility index (Phi) is 7.32. The predicted molar refractivity (Wildman–Crippen MR) is 124 cm³/mol. The van der Waals surface area contributed by atoms with Gasteiger partial charge in [0.25, 0.3) is 5.91 Å². The molecule has 1 aromatic heterocycles. The first-order chi connectivity index (χ1) is 16.6. The fourth-order valence-corrected chi connectivity index (χ4v) is 5.02. The van der Waals surface area contributed by atoms with Crippen LogP contribution in [0.5, 0.6) is 0 Å². The highest BCUT2D eigenvalue weighted by molar-refractivity contribution is 6.28. The zero-order valence-electron chi connectivity index (χ0n) is 19.3. The van der Waals surface area contributed by atoms with Gasteiger partial charge in [-0.1, -0.05) is 43.7 Å². The van der Waals surface area contributed by atoms with Crippen LogP contribution in [0.4, 0.5) is 13.2 Å². The van der Waals surface area contributed by atoms with E-state index in [9.17, 15) is 22.8 Å². The molecule has 3 heterocycles. The molecule has 2 fully saturated rings. The molecule has 0 aliphatic carbocycles. The number of hydrogen-bond acceptors (Lipinski definition) is 5. The summed E-state index contributed by atoms with van der Waals surface area (Å²) in [6.45, 7) is 3.03. The largest absolute Gasteiger partial charge is 0.434 e. The number of benzene rings is 1. The van der Waals surface area contributed by atoms with E-state index in [0.717, 1.165) is 24.6 Å². The molecule has 4 rings (SSSR count). The van der Waals surface area contributed by atoms with Crippen molar-refractivity contribution in [2.75, 3.05) is 19.6 Å². The van der Waals surface area contributed by atoms with Crippen LogP contribution in [0.2, 0.25) is 5.28 Å². The first-order valence-electron chi connectivity index (χ1n) is 11.7. The number of likely N-dealkylation sites (tertiary alicyclic amines) is 1. The molecule has 1 aromatic carbocycles. The van der Waals surface area contributed by atoms with Crippen molar-refractivity contribution in [2.45, 2.75) is 56.9 Å². The summed E-state index contributed by atoms with van der Waals surface area (Å²) >= 11 is 5.55. The minimum atomic E-state index is -4.84. The van der Waals surface area contributed by atoms with E-state index >= 15 is 0 Å². The molecule has 1 atom stereocenters. The number of unbranched alkanes of at least 4 members (excludes halogenated alkanes) is 1. The maximum Gasteiger partial charge on any atom is 0.434 e. The standard InChI is InChI=1S/C24H27ClF3N5O2/c1-2-3-11-33-21(35)18(14-16-7-5-4-6-8-16)31-23(33)9-12-32(13-10-23)20(34)17-15-29-22(25)30-19(17)24(26,27)28/h4-8,15,18,31H,2-3,9-14H2,1H3. The van der Waals surface area contributed by atoms with Crippen LogP contribution in [0.15, 0.2) is 36.5 Å². The van der Waals surface area contributed by atoms with Gasteiger partial charge in [-0.25, -0.2) is 9.97 Å². The minimum absolute atomic E-state index is 0.0209. The van der Waals surface area contributed by atoms with E-state index < -0.39 is 40.3 Å². The number of amides is 2. The third-order valence-corrected chi connectivity index (χ3v) is 6.86. The van der Waals surface area contributed by atoms with E-state index in [1.165, 1.54) is 4.90 Å². The van der Waals surface area contributed by atoms with Gasteiger partial charge in [0, 0.05) is 38.7 Å². The summed E-state index contributed by atoms with van der Waals surface area (Å²) in [5.41, 5.74) is -1.56. The highest BCUT2D eigenvalue weighted by Gasteiger charge is 2.51. The van der Waals surface area contributed by atoms with Crippen LogP contribution in [0.1, 0.15) is 54.2 Å². The van der Waals surface area contributed by atoms with Crippen LogP contribution >= 0.6 is 11.6 Å². The van der Waals surface area contributed by atoms with Crippen LogP contribution in [0.25, 0.3) is 0 Å². The van der Waals surface area contributed by atoms with Crippen molar-refractivity contribution in [3.05, 3.63) is 58.6 Å². The van der Waals surface area contributed by atoms with E-state index in [0.29, 0.717) is 25.8 Å². The quantitative estimate of drug-likeness (QED) is 0.597. The number of aromatic nitrogens is 2. The van der Waals surface area contributed by atoms with Crippen molar-refractivity contribution in [3.8, 4) is 0 Å². The summed E-state index contributed by atoms with van der Waals surface area (Å²) in [4.78, 5) is 36.4. The third kappa shape index (κ3) is 5.28. The Bertz CT molecular complexity index is 1070. The van der Waals surface area contributed by atoms with Crippen molar-refractivity contribution in [1.82, 2.24) is 25.1 Å². The topological polar surface area (TPSA) is 78.4 Å². The molecule has 2 aliphatic rings. The average molecular weight is 510 g/mol. The molecule has 1 spiro atoms. The molecule has 0 bridgehead atoms. The maximum atomic E-state index is 13.5. The summed E-state index contributed by atoms with van der Waals surface area (Å²) in [5.74, 6) is -0.776. The Balaban J connectivity index is 1.52. The number of nitrogens with one attached hydrogen (secondary N) is 1. The number of alkyl halides is 3. The van der Waals surface area contributed by atoms with E-state index in [4.69, 9.17) is 11.6 Å². The lowest BCUT2D eigenvalue weighted by molar-refractivity contribution is -0.141. The predicted octanol–water partition coefficient (Wildman–Crippen LogP) is 3.92. The summed E-state index contributed by atoms with van der Waals surface area (Å²) in [6, 6.07) is 9.34. The van der Waals surface area contributed by atoms with Gasteiger partial charge in [-0.3, -0.25) is 14.9 Å². The zero-order valence-corrected chi connectivity index (χ0v) is 20.1. The van der Waals surface area contributed by atoms with Gasteiger partial charge in [-0.05, 0) is 30.0 Å². The van der Waals surface area contributed by atoms with Crippen molar-refractivity contribution in [2.24, 2.45) is 0 Å². The Morgan fingerprint density at radius 2 is 1.91 bits per heavy atom. The van der Waals surface area contributed by atoms with E-state index in [2.05, 4.69) is 22.2 Å². The molecule has 1 N–H and O–H groups in total. The first-order valence-corrected chi connectivity index (χ1v) is 12.0. The molecule has 2 saturated heterocycles. The van der Waals surface area contributed by atoms with Crippen molar-refractivity contribution in [3.63, 3.8) is 0 Å². The van der Waals surface area contributed by atoms with Gasteiger partial charge in [0.15, 0.2) is 5.69 Å². The highest BCUT2D eigenvalue weighted by Crippen LogP contribution is 2.36. The molecule has 0 saturated carbocycles. The van der Waals surface area contributed by atoms with Crippen LogP contribution in [-0.4, -0.2) is 62.9 Å². The smallest absolute Gasteiger partial charge is 0.338 e. The molecule has 0 radical (unpaired) electrons. The van der Waals surface area contributed by atoms with Gasteiger partial charge in [-0.15, -0.1) is 0 Å². The number of rotatable bonds is 6. The molecule has 188 valence electrons. The summed E-state index contributed by atoms with van der Waals surface area (Å²) in [5, 5.41) is 2.95. The Morgan fingerprint density at radius 3 is 2.54 bits per heavy atom. The molecular weight excluding hydrogens is 483 g/mol. The molecule has 7 nitrogen and oxygen atoms in total. The van der Waals surface area contributed by atoms with Crippen molar-refractivity contribution >= 4 is 23.4 Å². The van der Waals surface area contributed by atoms with Gasteiger partial charge in [0.1, 0.15) is 0 Å². The summed E-state index contributed by atoms with van der Waals surface area (Å²) < 4.78 is 40.4. The highest BCUT2D eigenvalue weighted by atomic mass is 35.5. The second kappa shape index (κ2) is 10.1. The fraction of sp³-hybridized carbons (Fsp3) is 0.500. The van der Waals surface area contributed by atoms with Crippen molar-refractivity contribution < 1.29 is 22.8 Å². The Morgan fingerprint density at radius 1 is 1.23 bits per heavy atom. The number of nitrogens with zero attached hydrogens (tertiary/aromatic N) is 4. The van der Waals surface area contributed by atoms with Crippen LogP contribution < -0.4 is 5.32 Å². The van der Waals surface area contributed by atoms with Gasteiger partial charge in [-0.2, -0.15) is 13.2 Å². The molecule has 2 aromatic rings. The Labute approximate surface area is 206 Å². The minimum Gasteiger partial charge on any atom is -0.338 e. The average Bonchev–Trinajstić information content (AvgIpc) is 3.07. The van der Waals surface area contributed by atoms with E-state index in [1.807, 2.05) is 35.2 Å². The maximum absolute atomic E-state index is 13.5. The number of hydrogen-bond donors (Lipinski definition) is 1. The number of carbonyl (C=O) groups is 2. The SMILES string of the molecule is CCCCN1C(=O)C(Cc2ccccc2)NC12CCN(C(=O)c1cnc(Cl)nc1C(F)(F)F)CC2. The lowest BCUT2D eigenvalue weighted by Gasteiger charge is -2.44. The van der Waals surface area contributed by atoms with Gasteiger partial charge in [0.2, 0.25) is 11.2 Å². The lowest BCUT2D eigenvalue weighted by Crippen LogP contribution is -2.59. The second-order valence-corrected chi connectivity index (χ2v) is 9.29. The van der Waals surface area contributed by atoms with Gasteiger partial charge in [0.05, 0.1) is 17.3 Å². The number of piperidine rings is 1. The monoisotopic (exact) mass is 509 g/mol. The van der Waals surface area contributed by atoms with E-state index in [-0.39, 0.29) is 19.0 Å². The lowest BCUT2D eigenvalue weighted by atomic mass is 9.95. The molecule has 2 amide bonds. The van der Waals surface area contributed by atoms with Gasteiger partial charge >= 0.3 is 6.18 Å². The summed E-state index contributed by atoms with van der Waals surface area (Å²) in [7, 11) is 0. The third-order valence-electron chi connectivity index (χ3n) is 6.68. The molecule has 2 aliphatic heterocycles. The molecule has 1 unspecified atom stereocenters. The number of halogens is 4. The zero-order chi connectivity index (χ0) is 25.2. The summed E-state index contributed by atoms with van der Waals surface area (Å²) in [6.07, 6.45) is -0.882. The molecule has 11 heteroatoms. The Hall–Kier alpha value is -2.72. The second-order valence-electron chi connectivity index (χ2n) is 8.95. The van der Waals surface area contributed by atoms with Crippen LogP contribution in [-0.2, 0) is 17.4 Å². The van der Waals surface area contributed by atoms with Crippen LogP contribution in [0, 0.1) is 0 Å². The molecule has 35 heavy (non-hydrogen) atoms. The van der Waals surface area contributed by atoms with E-state index in [1.54, 1.807) is 0 Å². The van der Waals surface area contributed by atoms with Crippen molar-refractivity contribution in [1.29, 1.82) is 0 Å². The fourth-order valence-electron chi connectivity index (χ4n) is 4.89. The van der Waals surface area contributed by atoms with Crippen LogP contribution in [0.3, 0.4) is 0 Å². The number of carbonyl (C=O) groups excluding carboxylic acids is 2. The first kappa shape index (κ1) is 25.4. The molecular formula is C24H27ClF3N5O2. The normalized spacial score (nSPS) is 20.0. The van der Waals surface area contributed by atoms with Gasteiger partial charge < -0.3 is 9.80 Å².